The molecule has 0 fully saturated rings. The van der Waals surface area contributed by atoms with Gasteiger partial charge in [0, 0.05) is 6.20 Å². The van der Waals surface area contributed by atoms with Crippen molar-refractivity contribution in [1.82, 2.24) is 4.98 Å². The number of hydrogen-bond acceptors (Lipinski definition) is 6. The molecule has 1 aromatic heterocycles. The van der Waals surface area contributed by atoms with Crippen LogP contribution in [0, 0.1) is 10.1 Å². The van der Waals surface area contributed by atoms with Gasteiger partial charge in [0.25, 0.3) is 5.78 Å². The van der Waals surface area contributed by atoms with Gasteiger partial charge in [0.05, 0.1) is 10.5 Å². The normalized spacial score (nSPS) is 14.1. The number of aliphatic hydroxyl groups is 1. The molecule has 80 valence electrons. The van der Waals surface area contributed by atoms with Gasteiger partial charge in [0.15, 0.2) is 0 Å². The Bertz CT molecular complexity index is 566. The maximum Gasteiger partial charge on any atom is 1.00 e. The molecular formula is C9H4N2NaO5+. The van der Waals surface area contributed by atoms with Gasteiger partial charge in [-0.15, -0.1) is 0 Å². The Balaban J connectivity index is 0.00000144. The van der Waals surface area contributed by atoms with Crippen LogP contribution in [0.5, 0.6) is 0 Å². The molecule has 0 spiro atoms. The Kier molecular flexibility index (Phi) is 3.76. The average molecular weight is 243 g/mol. The van der Waals surface area contributed by atoms with Crippen molar-refractivity contribution in [2.75, 3.05) is 0 Å². The van der Waals surface area contributed by atoms with Crippen LogP contribution in [-0.2, 0) is 4.79 Å². The second kappa shape index (κ2) is 4.74. The van der Waals surface area contributed by atoms with Gasteiger partial charge in [-0.1, -0.05) is 0 Å². The number of ketones is 2. The molecule has 1 aliphatic rings. The number of nitrogens with zero attached hydrogens (tertiary/aromatic N) is 2. The summed E-state index contributed by atoms with van der Waals surface area (Å²) in [6, 6.07) is 2.68. The molecule has 0 radical (unpaired) electrons. The van der Waals surface area contributed by atoms with Gasteiger partial charge in [-0.05, 0) is 12.1 Å². The van der Waals surface area contributed by atoms with Crippen molar-refractivity contribution in [3.63, 3.8) is 0 Å². The Hall–Kier alpha value is -1.57. The predicted octanol–water partition coefficient (Wildman–Crippen LogP) is -2.65. The molecule has 0 aliphatic heterocycles. The minimum absolute atomic E-state index is 0. The van der Waals surface area contributed by atoms with Crippen molar-refractivity contribution in [3.05, 3.63) is 45.4 Å². The molecule has 0 saturated heterocycles. The monoisotopic (exact) mass is 243 g/mol. The fourth-order valence-electron chi connectivity index (χ4n) is 1.40. The van der Waals surface area contributed by atoms with E-state index in [9.17, 15) is 24.8 Å². The summed E-state index contributed by atoms with van der Waals surface area (Å²) in [6.45, 7) is 0. The van der Waals surface area contributed by atoms with Gasteiger partial charge >= 0.3 is 41.0 Å². The maximum atomic E-state index is 11.4. The quantitative estimate of drug-likeness (QED) is 0.250. The van der Waals surface area contributed by atoms with Crippen molar-refractivity contribution < 1.29 is 49.2 Å². The van der Waals surface area contributed by atoms with Gasteiger partial charge < -0.3 is 5.11 Å². The van der Waals surface area contributed by atoms with Crippen LogP contribution in [0.4, 0.5) is 0 Å². The Morgan fingerprint density at radius 3 is 2.53 bits per heavy atom. The van der Waals surface area contributed by atoms with E-state index in [4.69, 9.17) is 0 Å². The summed E-state index contributed by atoms with van der Waals surface area (Å²) in [5.41, 5.74) is -1.47. The molecule has 0 saturated carbocycles. The molecule has 7 nitrogen and oxygen atoms in total. The molecule has 0 amide bonds. The summed E-state index contributed by atoms with van der Waals surface area (Å²) < 4.78 is 0. The summed E-state index contributed by atoms with van der Waals surface area (Å²) in [7, 11) is 0. The molecule has 1 N–H and O–H groups in total. The summed E-state index contributed by atoms with van der Waals surface area (Å²) >= 11 is 0. The number of carbonyl (C=O) groups excluding carboxylic acids is 2. The van der Waals surface area contributed by atoms with Crippen LogP contribution in [0.1, 0.15) is 16.1 Å². The van der Waals surface area contributed by atoms with Crippen molar-refractivity contribution in [2.24, 2.45) is 0 Å². The number of allylic oxidation sites excluding steroid dienone is 1. The first-order valence-electron chi connectivity index (χ1n) is 4.16. The van der Waals surface area contributed by atoms with E-state index in [2.05, 4.69) is 4.98 Å². The maximum absolute atomic E-state index is 11.4. The van der Waals surface area contributed by atoms with Gasteiger partial charge in [0.2, 0.25) is 5.76 Å². The molecule has 0 bridgehead atoms. The SMILES string of the molecule is O=C1C(=O)c2ncccc2C(O)=C1[N+](=O)[O-].[Na+]. The minimum Gasteiger partial charge on any atom is -0.502 e. The van der Waals surface area contributed by atoms with Crippen molar-refractivity contribution in [1.29, 1.82) is 0 Å². The van der Waals surface area contributed by atoms with Crippen molar-refractivity contribution in [2.45, 2.75) is 0 Å². The zero-order valence-electron chi connectivity index (χ0n) is 8.71. The largest absolute Gasteiger partial charge is 1.00 e. The predicted molar refractivity (Wildman–Crippen MR) is 50.1 cm³/mol. The van der Waals surface area contributed by atoms with Crippen LogP contribution in [0.15, 0.2) is 24.0 Å². The fourth-order valence-corrected chi connectivity index (χ4v) is 1.40. The van der Waals surface area contributed by atoms with Crippen LogP contribution >= 0.6 is 0 Å². The third kappa shape index (κ3) is 1.99. The first-order chi connectivity index (χ1) is 7.54. The number of carbonyl (C=O) groups is 2. The van der Waals surface area contributed by atoms with E-state index in [0.29, 0.717) is 0 Å². The van der Waals surface area contributed by atoms with E-state index >= 15 is 0 Å². The fraction of sp³-hybridized carbons (Fsp3) is 0. The molecule has 1 aromatic rings. The molecule has 8 heteroatoms. The van der Waals surface area contributed by atoms with Crippen LogP contribution in [0.2, 0.25) is 0 Å². The van der Waals surface area contributed by atoms with E-state index in [1.54, 1.807) is 0 Å². The first kappa shape index (κ1) is 13.5. The summed E-state index contributed by atoms with van der Waals surface area (Å²) in [5.74, 6) is -3.26. The Morgan fingerprint density at radius 2 is 1.94 bits per heavy atom. The summed E-state index contributed by atoms with van der Waals surface area (Å²) in [4.78, 5) is 35.8. The van der Waals surface area contributed by atoms with E-state index in [-0.39, 0.29) is 40.8 Å². The van der Waals surface area contributed by atoms with E-state index in [0.717, 1.165) is 0 Å². The van der Waals surface area contributed by atoms with E-state index < -0.39 is 27.9 Å². The molecule has 1 heterocycles. The summed E-state index contributed by atoms with van der Waals surface area (Å²) in [6.07, 6.45) is 1.26. The van der Waals surface area contributed by atoms with Crippen LogP contribution in [0.25, 0.3) is 5.76 Å². The minimum atomic E-state index is -1.35. The summed E-state index contributed by atoms with van der Waals surface area (Å²) in [5, 5.41) is 20.0. The molecule has 0 atom stereocenters. The van der Waals surface area contributed by atoms with Crippen LogP contribution < -0.4 is 29.6 Å². The van der Waals surface area contributed by atoms with Gasteiger partial charge in [-0.3, -0.25) is 24.7 Å². The number of nitro groups is 1. The van der Waals surface area contributed by atoms with Crippen LogP contribution in [0.3, 0.4) is 0 Å². The number of hydrogen-bond donors (Lipinski definition) is 1. The number of pyridine rings is 1. The number of fused-ring (bicyclic) bond motifs is 1. The van der Waals surface area contributed by atoms with Gasteiger partial charge in [-0.2, -0.15) is 0 Å². The zero-order chi connectivity index (χ0) is 11.9. The number of aliphatic hydroxyl groups excluding tert-OH is 1. The average Bonchev–Trinajstić information content (AvgIpc) is 2.26. The van der Waals surface area contributed by atoms with Crippen molar-refractivity contribution >= 4 is 17.3 Å². The Morgan fingerprint density at radius 1 is 1.29 bits per heavy atom. The van der Waals surface area contributed by atoms with Crippen molar-refractivity contribution in [3.8, 4) is 0 Å². The van der Waals surface area contributed by atoms with Gasteiger partial charge in [0.1, 0.15) is 5.69 Å². The second-order valence-electron chi connectivity index (χ2n) is 3.01. The molecule has 0 unspecified atom stereocenters. The molecular weight excluding hydrogens is 239 g/mol. The molecule has 1 aliphatic carbocycles. The van der Waals surface area contributed by atoms with E-state index in [1.165, 1.54) is 18.3 Å². The Labute approximate surface area is 117 Å². The van der Waals surface area contributed by atoms with E-state index in [1.807, 2.05) is 0 Å². The van der Waals surface area contributed by atoms with Gasteiger partial charge in [-0.25, -0.2) is 0 Å². The smallest absolute Gasteiger partial charge is 0.502 e. The number of Topliss-reactive ketones (excluding diaryl/α,β-unsaturated/α-hetero) is 2. The molecule has 2 rings (SSSR count). The van der Waals surface area contributed by atoms with Crippen LogP contribution in [-0.4, -0.2) is 26.6 Å². The second-order valence-corrected chi connectivity index (χ2v) is 3.01. The zero-order valence-corrected chi connectivity index (χ0v) is 10.7. The third-order valence-corrected chi connectivity index (χ3v) is 2.11. The molecule has 0 aromatic carbocycles. The topological polar surface area (TPSA) is 110 Å². The molecule has 17 heavy (non-hydrogen) atoms. The standard InChI is InChI=1S/C9H4N2O5.Na/c12-7-4-2-1-3-10-5(4)8(13)9(14)6(7)11(15)16;/h1-3,12H;/q;+1. The number of aromatic nitrogens is 1. The first-order valence-corrected chi connectivity index (χ1v) is 4.16. The third-order valence-electron chi connectivity index (χ3n) is 2.11. The number of rotatable bonds is 1.